The van der Waals surface area contributed by atoms with Crippen LogP contribution in [0.4, 0.5) is 0 Å². The Morgan fingerprint density at radius 2 is 1.85 bits per heavy atom. The Hall–Kier alpha value is -4.13. The molecule has 7 heteroatoms. The van der Waals surface area contributed by atoms with Crippen LogP contribution < -0.4 is 15.8 Å². The van der Waals surface area contributed by atoms with E-state index in [1.54, 1.807) is 4.90 Å². The summed E-state index contributed by atoms with van der Waals surface area (Å²) in [6, 6.07) is 25.1. The Morgan fingerprint density at radius 3 is 2.61 bits per heavy atom. The fraction of sp³-hybridized carbons (Fsp3) is 0.382. The summed E-state index contributed by atoms with van der Waals surface area (Å²) in [7, 11) is 0. The van der Waals surface area contributed by atoms with Gasteiger partial charge in [-0.3, -0.25) is 14.5 Å². The third-order valence-corrected chi connectivity index (χ3v) is 8.59. The van der Waals surface area contributed by atoms with E-state index < -0.39 is 5.54 Å². The predicted molar refractivity (Wildman–Crippen MR) is 159 cm³/mol. The molecule has 0 aromatic heterocycles. The molecule has 1 saturated carbocycles. The predicted octanol–water partition coefficient (Wildman–Crippen LogP) is 6.02. The molecule has 212 valence electrons. The van der Waals surface area contributed by atoms with Gasteiger partial charge in [0.05, 0.1) is 30.7 Å². The second-order valence-electron chi connectivity index (χ2n) is 11.6. The first-order valence-electron chi connectivity index (χ1n) is 14.8. The van der Waals surface area contributed by atoms with Gasteiger partial charge in [-0.25, -0.2) is 4.99 Å². The van der Waals surface area contributed by atoms with Crippen LogP contribution >= 0.6 is 0 Å². The lowest BCUT2D eigenvalue weighted by atomic mass is 9.80. The number of fused-ring (bicyclic) bond motifs is 1. The van der Waals surface area contributed by atoms with Crippen LogP contribution in [-0.4, -0.2) is 29.3 Å². The number of nitrogens with zero attached hydrogens (tertiary/aromatic N) is 2. The number of hydrogen-bond acceptors (Lipinski definition) is 5. The first-order valence-corrected chi connectivity index (χ1v) is 14.8. The Kier molecular flexibility index (Phi) is 7.52. The van der Waals surface area contributed by atoms with Crippen molar-refractivity contribution in [1.29, 1.82) is 0 Å². The average molecular weight is 551 g/mol. The van der Waals surface area contributed by atoms with Crippen molar-refractivity contribution < 1.29 is 14.3 Å². The number of nitrogens with two attached hydrogens (primary N) is 1. The molecule has 0 radical (unpaired) electrons. The van der Waals surface area contributed by atoms with Crippen LogP contribution in [-0.2, 0) is 10.3 Å². The molecule has 2 heterocycles. The van der Waals surface area contributed by atoms with Gasteiger partial charge in [-0.1, -0.05) is 86.8 Å². The van der Waals surface area contributed by atoms with Gasteiger partial charge >= 0.3 is 0 Å². The summed E-state index contributed by atoms with van der Waals surface area (Å²) in [5.74, 6) is 1.48. The highest BCUT2D eigenvalue weighted by molar-refractivity contribution is 6.00. The van der Waals surface area contributed by atoms with E-state index in [0.717, 1.165) is 35.3 Å². The zero-order valence-corrected chi connectivity index (χ0v) is 23.6. The van der Waals surface area contributed by atoms with Crippen LogP contribution in [0.15, 0.2) is 83.9 Å². The largest absolute Gasteiger partial charge is 0.493 e. The number of hydrogen-bond donors (Lipinski definition) is 2. The summed E-state index contributed by atoms with van der Waals surface area (Å²) in [4.78, 5) is 34.1. The van der Waals surface area contributed by atoms with Crippen LogP contribution in [0.5, 0.6) is 5.75 Å². The molecule has 0 bridgehead atoms. The first kappa shape index (κ1) is 27.1. The molecule has 1 fully saturated rings. The molecular weight excluding hydrogens is 512 g/mol. The average Bonchev–Trinajstić information content (AvgIpc) is 3.81. The van der Waals surface area contributed by atoms with E-state index in [1.807, 2.05) is 66.7 Å². The SMILES string of the molecule is CCCC(c1cccc(C(=O)N[C@H]2CCOc3ccccc32)c1)N1C(=O)C[C@@](CC2CC2)(c2ccccc2)N=C1N. The van der Waals surface area contributed by atoms with Gasteiger partial charge in [0.25, 0.3) is 5.91 Å². The van der Waals surface area contributed by atoms with E-state index in [4.69, 9.17) is 15.5 Å². The van der Waals surface area contributed by atoms with Crippen LogP contribution in [0.1, 0.15) is 91.0 Å². The molecule has 3 N–H and O–H groups in total. The molecular formula is C34H38N4O3. The van der Waals surface area contributed by atoms with Gasteiger partial charge < -0.3 is 15.8 Å². The normalized spacial score (nSPS) is 22.8. The quantitative estimate of drug-likeness (QED) is 0.340. The summed E-state index contributed by atoms with van der Waals surface area (Å²) >= 11 is 0. The monoisotopic (exact) mass is 550 g/mol. The minimum atomic E-state index is -0.626. The molecule has 6 rings (SSSR count). The second kappa shape index (κ2) is 11.4. The van der Waals surface area contributed by atoms with Crippen molar-refractivity contribution in [2.75, 3.05) is 6.61 Å². The molecule has 3 atom stereocenters. The number of aliphatic imine (C=N–C) groups is 1. The third-order valence-electron chi connectivity index (χ3n) is 8.59. The lowest BCUT2D eigenvalue weighted by Gasteiger charge is -2.41. The smallest absolute Gasteiger partial charge is 0.251 e. The lowest BCUT2D eigenvalue weighted by Crippen LogP contribution is -2.52. The maximum absolute atomic E-state index is 14.0. The van der Waals surface area contributed by atoms with Gasteiger partial charge in [0.2, 0.25) is 5.91 Å². The van der Waals surface area contributed by atoms with Crippen LogP contribution in [0, 0.1) is 5.92 Å². The summed E-state index contributed by atoms with van der Waals surface area (Å²) < 4.78 is 5.76. The van der Waals surface area contributed by atoms with Crippen molar-refractivity contribution in [2.45, 2.75) is 69.5 Å². The topological polar surface area (TPSA) is 97.0 Å². The highest BCUT2D eigenvalue weighted by Crippen LogP contribution is 2.47. The minimum Gasteiger partial charge on any atom is -0.493 e. The van der Waals surface area contributed by atoms with Crippen LogP contribution in [0.3, 0.4) is 0 Å². The molecule has 0 saturated heterocycles. The number of carbonyl (C=O) groups excluding carboxylic acids is 2. The zero-order valence-electron chi connectivity index (χ0n) is 23.6. The Labute approximate surface area is 241 Å². The van der Waals surface area contributed by atoms with Crippen LogP contribution in [0.25, 0.3) is 0 Å². The van der Waals surface area contributed by atoms with E-state index in [0.29, 0.717) is 30.9 Å². The highest BCUT2D eigenvalue weighted by atomic mass is 16.5. The number of para-hydroxylation sites is 1. The van der Waals surface area contributed by atoms with Crippen LogP contribution in [0.2, 0.25) is 0 Å². The summed E-state index contributed by atoms with van der Waals surface area (Å²) in [5, 5.41) is 3.19. The van der Waals surface area contributed by atoms with Crippen molar-refractivity contribution in [3.8, 4) is 5.75 Å². The van der Waals surface area contributed by atoms with Crippen molar-refractivity contribution in [1.82, 2.24) is 10.2 Å². The van der Waals surface area contributed by atoms with Gasteiger partial charge in [0.15, 0.2) is 5.96 Å². The molecule has 7 nitrogen and oxygen atoms in total. The minimum absolute atomic E-state index is 0.0193. The fourth-order valence-electron chi connectivity index (χ4n) is 6.40. The standard InChI is InChI=1S/C34H38N4O3/c1-2-9-29(38-31(39)22-34(37-33(38)35,21-23-16-17-23)26-12-4-3-5-13-26)24-10-8-11-25(20-24)32(40)36-28-18-19-41-30-15-7-6-14-27(28)30/h3-8,10-15,20,23,28-29H,2,9,16-19,21-22H2,1H3,(H2,35,37)(H,36,40)/t28-,29?,34-/m0/s1. The molecule has 3 aromatic rings. The van der Waals surface area contributed by atoms with E-state index in [-0.39, 0.29) is 36.3 Å². The summed E-state index contributed by atoms with van der Waals surface area (Å²) in [6.45, 7) is 2.65. The third kappa shape index (κ3) is 5.58. The Bertz CT molecular complexity index is 1450. The fourth-order valence-corrected chi connectivity index (χ4v) is 6.40. The number of nitrogens with one attached hydrogen (secondary N) is 1. The van der Waals surface area contributed by atoms with Crippen molar-refractivity contribution >= 4 is 17.8 Å². The Morgan fingerprint density at radius 1 is 1.07 bits per heavy atom. The maximum atomic E-state index is 14.0. The van der Waals surface area contributed by atoms with Gasteiger partial charge in [-0.2, -0.15) is 0 Å². The molecule has 0 spiro atoms. The van der Waals surface area contributed by atoms with E-state index >= 15 is 0 Å². The van der Waals surface area contributed by atoms with E-state index in [9.17, 15) is 9.59 Å². The second-order valence-corrected chi connectivity index (χ2v) is 11.6. The number of benzene rings is 3. The number of ether oxygens (including phenoxy) is 1. The van der Waals surface area contributed by atoms with E-state index in [1.165, 1.54) is 12.8 Å². The van der Waals surface area contributed by atoms with Crippen molar-refractivity contribution in [3.05, 3.63) is 101 Å². The molecule has 41 heavy (non-hydrogen) atoms. The zero-order chi connectivity index (χ0) is 28.4. The van der Waals surface area contributed by atoms with Gasteiger partial charge in [-0.15, -0.1) is 0 Å². The first-order chi connectivity index (χ1) is 20.0. The molecule has 1 aliphatic carbocycles. The summed E-state index contributed by atoms with van der Waals surface area (Å²) in [6.07, 6.45) is 5.74. The van der Waals surface area contributed by atoms with Gasteiger partial charge in [0.1, 0.15) is 5.75 Å². The number of rotatable bonds is 9. The maximum Gasteiger partial charge on any atom is 0.251 e. The molecule has 2 amide bonds. The lowest BCUT2D eigenvalue weighted by molar-refractivity contribution is -0.132. The number of guanidine groups is 1. The van der Waals surface area contributed by atoms with Gasteiger partial charge in [0, 0.05) is 17.5 Å². The highest BCUT2D eigenvalue weighted by Gasteiger charge is 2.46. The van der Waals surface area contributed by atoms with Crippen molar-refractivity contribution in [2.24, 2.45) is 16.6 Å². The van der Waals surface area contributed by atoms with E-state index in [2.05, 4.69) is 24.4 Å². The summed E-state index contributed by atoms with van der Waals surface area (Å²) in [5.41, 5.74) is 9.52. The van der Waals surface area contributed by atoms with Gasteiger partial charge in [-0.05, 0) is 48.1 Å². The molecule has 3 aromatic carbocycles. The Balaban J connectivity index is 1.28. The molecule has 1 unspecified atom stereocenters. The number of carbonyl (C=O) groups is 2. The number of amides is 2. The van der Waals surface area contributed by atoms with Crippen molar-refractivity contribution in [3.63, 3.8) is 0 Å². The molecule has 2 aliphatic heterocycles. The molecule has 3 aliphatic rings.